The molecule has 1 saturated heterocycles. The van der Waals surface area contributed by atoms with Gasteiger partial charge in [-0.1, -0.05) is 41.1 Å². The van der Waals surface area contributed by atoms with E-state index in [1.54, 1.807) is 4.90 Å². The summed E-state index contributed by atoms with van der Waals surface area (Å²) in [5.41, 5.74) is 5.62. The molecule has 0 bridgehead atoms. The van der Waals surface area contributed by atoms with Crippen LogP contribution in [0.25, 0.3) is 10.6 Å². The molecular weight excluding hydrogens is 532 g/mol. The van der Waals surface area contributed by atoms with Crippen LogP contribution in [-0.2, 0) is 17.8 Å². The molecule has 2 fully saturated rings. The first kappa shape index (κ1) is 28.2. The monoisotopic (exact) mass is 568 g/mol. The molecule has 2 aromatic carbocycles. The maximum atomic E-state index is 13.4. The van der Waals surface area contributed by atoms with Gasteiger partial charge in [0, 0.05) is 30.1 Å². The number of aromatic nitrogens is 2. The lowest BCUT2D eigenvalue weighted by Gasteiger charge is -2.33. The Morgan fingerprint density at radius 1 is 1.08 bits per heavy atom. The smallest absolute Gasteiger partial charge is 0.233 e. The summed E-state index contributed by atoms with van der Waals surface area (Å²) < 4.78 is 0. The van der Waals surface area contributed by atoms with Gasteiger partial charge in [0.1, 0.15) is 5.01 Å². The number of carbonyl (C=O) groups is 1. The van der Waals surface area contributed by atoms with E-state index in [0.717, 1.165) is 61.5 Å². The quantitative estimate of drug-likeness (QED) is 0.319. The molecule has 0 atom stereocenters. The van der Waals surface area contributed by atoms with Gasteiger partial charge in [0.25, 0.3) is 0 Å². The number of carbonyl (C=O) groups excluding carboxylic acids is 1. The van der Waals surface area contributed by atoms with E-state index < -0.39 is 6.29 Å². The van der Waals surface area contributed by atoms with Gasteiger partial charge in [-0.3, -0.25) is 14.6 Å². The summed E-state index contributed by atoms with van der Waals surface area (Å²) in [4.78, 5) is 17.6. The van der Waals surface area contributed by atoms with Crippen molar-refractivity contribution < 1.29 is 15.0 Å². The molecule has 7 nitrogen and oxygen atoms in total. The lowest BCUT2D eigenvalue weighted by Crippen LogP contribution is -2.34. The number of hydrogen-bond donors (Lipinski definition) is 2. The molecule has 1 aliphatic heterocycles. The number of aliphatic hydroxyl groups is 2. The summed E-state index contributed by atoms with van der Waals surface area (Å²) in [6.07, 6.45) is 3.77. The number of piperidine rings is 1. The maximum Gasteiger partial charge on any atom is 0.233 e. The van der Waals surface area contributed by atoms with E-state index in [2.05, 4.69) is 41.1 Å². The number of rotatable bonds is 10. The Kier molecular flexibility index (Phi) is 8.99. The Labute approximate surface area is 239 Å². The second-order valence-corrected chi connectivity index (χ2v) is 12.5. The number of benzene rings is 2. The van der Waals surface area contributed by atoms with Crippen LogP contribution < -0.4 is 4.90 Å². The van der Waals surface area contributed by atoms with Crippen molar-refractivity contribution in [3.8, 4) is 10.6 Å². The zero-order valence-electron chi connectivity index (χ0n) is 22.6. The molecule has 208 valence electrons. The van der Waals surface area contributed by atoms with E-state index in [-0.39, 0.29) is 12.3 Å². The topological polar surface area (TPSA) is 89.8 Å². The molecule has 2 N–H and O–H groups in total. The fourth-order valence-corrected chi connectivity index (χ4v) is 6.52. The standard InChI is InChI=1S/C30H37ClN4O3S/c1-19-13-24(14-20(2)25(19)18-34-11-9-21(10-12-34)15-28(37)38)29-32-33-30(39-29)35(17-22-7-8-22)27(36)16-23-5-3-4-6-26(23)31/h3-6,13-14,21-22,28,37-38H,7-12,15-18H2,1-2H3. The molecule has 2 aliphatic rings. The number of amides is 1. The summed E-state index contributed by atoms with van der Waals surface area (Å²) in [6.45, 7) is 7.79. The summed E-state index contributed by atoms with van der Waals surface area (Å²) >= 11 is 7.80. The van der Waals surface area contributed by atoms with E-state index in [9.17, 15) is 15.0 Å². The average molecular weight is 569 g/mol. The first-order chi connectivity index (χ1) is 18.8. The molecule has 0 spiro atoms. The number of nitrogens with zero attached hydrogens (tertiary/aromatic N) is 4. The largest absolute Gasteiger partial charge is 0.368 e. The number of aryl methyl sites for hydroxylation is 2. The normalized spacial score (nSPS) is 16.7. The molecule has 0 radical (unpaired) electrons. The van der Waals surface area contributed by atoms with Gasteiger partial charge in [-0.15, -0.1) is 10.2 Å². The van der Waals surface area contributed by atoms with E-state index in [0.29, 0.717) is 35.0 Å². The van der Waals surface area contributed by atoms with Crippen molar-refractivity contribution in [2.24, 2.45) is 11.8 Å². The second kappa shape index (κ2) is 12.4. The predicted octanol–water partition coefficient (Wildman–Crippen LogP) is 5.37. The van der Waals surface area contributed by atoms with Crippen LogP contribution in [0.15, 0.2) is 36.4 Å². The van der Waals surface area contributed by atoms with Gasteiger partial charge in [0.15, 0.2) is 6.29 Å². The number of likely N-dealkylation sites (tertiary alicyclic amines) is 1. The van der Waals surface area contributed by atoms with Crippen LogP contribution in [0.4, 0.5) is 5.13 Å². The number of anilines is 1. The Balaban J connectivity index is 1.29. The van der Waals surface area contributed by atoms with Crippen molar-refractivity contribution in [1.82, 2.24) is 15.1 Å². The minimum Gasteiger partial charge on any atom is -0.368 e. The first-order valence-corrected chi connectivity index (χ1v) is 15.0. The van der Waals surface area contributed by atoms with E-state index in [4.69, 9.17) is 11.6 Å². The SMILES string of the molecule is Cc1cc(-c2nnc(N(CC3CC3)C(=O)Cc3ccccc3Cl)s2)cc(C)c1CN1CCC(CC(O)O)CC1. The van der Waals surface area contributed by atoms with E-state index in [1.807, 2.05) is 24.3 Å². The van der Waals surface area contributed by atoms with Crippen molar-refractivity contribution in [2.75, 3.05) is 24.5 Å². The average Bonchev–Trinajstić information content (AvgIpc) is 3.59. The van der Waals surface area contributed by atoms with Gasteiger partial charge in [0.05, 0.1) is 6.42 Å². The molecule has 0 unspecified atom stereocenters. The number of halogens is 1. The van der Waals surface area contributed by atoms with Gasteiger partial charge >= 0.3 is 0 Å². The highest BCUT2D eigenvalue weighted by Crippen LogP contribution is 2.36. The van der Waals surface area contributed by atoms with Crippen LogP contribution in [0, 0.1) is 25.7 Å². The highest BCUT2D eigenvalue weighted by molar-refractivity contribution is 7.18. The van der Waals surface area contributed by atoms with E-state index in [1.165, 1.54) is 28.0 Å². The molecule has 1 aliphatic carbocycles. The first-order valence-electron chi connectivity index (χ1n) is 13.8. The van der Waals surface area contributed by atoms with Gasteiger partial charge in [0.2, 0.25) is 11.0 Å². The van der Waals surface area contributed by atoms with Crippen LogP contribution in [0.2, 0.25) is 5.02 Å². The Morgan fingerprint density at radius 2 is 1.77 bits per heavy atom. The van der Waals surface area contributed by atoms with Crippen LogP contribution in [0.5, 0.6) is 0 Å². The van der Waals surface area contributed by atoms with Gasteiger partial charge < -0.3 is 10.2 Å². The van der Waals surface area contributed by atoms with Crippen LogP contribution in [0.3, 0.4) is 0 Å². The molecule has 2 heterocycles. The van der Waals surface area contributed by atoms with Crippen LogP contribution in [-0.4, -0.2) is 57.1 Å². The number of aliphatic hydroxyl groups excluding tert-OH is 1. The van der Waals surface area contributed by atoms with Crippen molar-refractivity contribution >= 4 is 34.0 Å². The summed E-state index contributed by atoms with van der Waals surface area (Å²) in [5.74, 6) is 0.904. The zero-order chi connectivity index (χ0) is 27.5. The van der Waals surface area contributed by atoms with Gasteiger partial charge in [-0.25, -0.2) is 0 Å². The highest BCUT2D eigenvalue weighted by atomic mass is 35.5. The minimum absolute atomic E-state index is 0.00215. The Morgan fingerprint density at radius 3 is 2.41 bits per heavy atom. The zero-order valence-corrected chi connectivity index (χ0v) is 24.2. The summed E-state index contributed by atoms with van der Waals surface area (Å²) in [5, 5.41) is 29.6. The molecule has 39 heavy (non-hydrogen) atoms. The highest BCUT2D eigenvalue weighted by Gasteiger charge is 2.30. The summed E-state index contributed by atoms with van der Waals surface area (Å²) in [7, 11) is 0. The lowest BCUT2D eigenvalue weighted by atomic mass is 9.92. The van der Waals surface area contributed by atoms with Gasteiger partial charge in [-0.05, 0) is 105 Å². The fraction of sp³-hybridized carbons (Fsp3) is 0.500. The third-order valence-electron chi connectivity index (χ3n) is 7.96. The summed E-state index contributed by atoms with van der Waals surface area (Å²) in [6, 6.07) is 11.9. The van der Waals surface area contributed by atoms with E-state index >= 15 is 0 Å². The van der Waals surface area contributed by atoms with Crippen molar-refractivity contribution in [2.45, 2.75) is 65.2 Å². The van der Waals surface area contributed by atoms with Crippen LogP contribution >= 0.6 is 22.9 Å². The van der Waals surface area contributed by atoms with Crippen molar-refractivity contribution in [1.29, 1.82) is 0 Å². The molecule has 1 saturated carbocycles. The molecule has 9 heteroatoms. The molecule has 3 aromatic rings. The third-order valence-corrected chi connectivity index (χ3v) is 9.32. The molecule has 1 aromatic heterocycles. The second-order valence-electron chi connectivity index (χ2n) is 11.1. The predicted molar refractivity (Wildman–Crippen MR) is 156 cm³/mol. The maximum absolute atomic E-state index is 13.4. The lowest BCUT2D eigenvalue weighted by molar-refractivity contribution is -0.118. The Hall–Kier alpha value is -2.36. The number of hydrogen-bond acceptors (Lipinski definition) is 7. The van der Waals surface area contributed by atoms with Crippen molar-refractivity contribution in [3.63, 3.8) is 0 Å². The Bertz CT molecular complexity index is 1280. The molecular formula is C30H37ClN4O3S. The minimum atomic E-state index is -1.21. The fourth-order valence-electron chi connectivity index (χ4n) is 5.45. The van der Waals surface area contributed by atoms with Gasteiger partial charge in [-0.2, -0.15) is 0 Å². The van der Waals surface area contributed by atoms with Crippen molar-refractivity contribution in [3.05, 3.63) is 63.7 Å². The molecule has 1 amide bonds. The van der Waals surface area contributed by atoms with Crippen LogP contribution in [0.1, 0.15) is 54.4 Å². The molecule has 5 rings (SSSR count). The third kappa shape index (κ3) is 7.24.